The molecule has 0 bridgehead atoms. The Bertz CT molecular complexity index is 1110. The maximum Gasteiger partial charge on any atom is 0.289 e. The molecule has 1 aliphatic rings. The van der Waals surface area contributed by atoms with Gasteiger partial charge in [-0.15, -0.1) is 0 Å². The SMILES string of the molecule is C[C@@H](Oc1ccc(Cl)cc1Cl)C(=O)Nc1ccc(N2CCN(C(=O)c3ccco3)CC2)cc1. The molecular formula is C24H23Cl2N3O4. The number of amides is 2. The third-order valence-corrected chi connectivity index (χ3v) is 5.90. The summed E-state index contributed by atoms with van der Waals surface area (Å²) in [7, 11) is 0. The minimum atomic E-state index is -0.747. The zero-order valence-corrected chi connectivity index (χ0v) is 19.5. The van der Waals surface area contributed by atoms with Crippen molar-refractivity contribution in [3.63, 3.8) is 0 Å². The molecule has 1 saturated heterocycles. The largest absolute Gasteiger partial charge is 0.479 e. The van der Waals surface area contributed by atoms with Crippen molar-refractivity contribution in [2.75, 3.05) is 36.4 Å². The lowest BCUT2D eigenvalue weighted by Gasteiger charge is -2.35. The van der Waals surface area contributed by atoms with Crippen LogP contribution >= 0.6 is 23.2 Å². The molecule has 0 saturated carbocycles. The Morgan fingerprint density at radius 1 is 1.03 bits per heavy atom. The Morgan fingerprint density at radius 2 is 1.76 bits per heavy atom. The van der Waals surface area contributed by atoms with Crippen molar-refractivity contribution in [2.45, 2.75) is 13.0 Å². The van der Waals surface area contributed by atoms with Gasteiger partial charge in [-0.3, -0.25) is 9.59 Å². The molecule has 2 heterocycles. The van der Waals surface area contributed by atoms with Gasteiger partial charge in [-0.25, -0.2) is 0 Å². The Morgan fingerprint density at radius 3 is 2.39 bits per heavy atom. The summed E-state index contributed by atoms with van der Waals surface area (Å²) in [5.41, 5.74) is 1.68. The van der Waals surface area contributed by atoms with Crippen LogP contribution in [0.3, 0.4) is 0 Å². The quantitative estimate of drug-likeness (QED) is 0.531. The van der Waals surface area contributed by atoms with Crippen LogP contribution in [0, 0.1) is 0 Å². The molecule has 2 amide bonds. The van der Waals surface area contributed by atoms with Gasteiger partial charge in [-0.2, -0.15) is 0 Å². The molecule has 3 aromatic rings. The van der Waals surface area contributed by atoms with Crippen LogP contribution in [-0.2, 0) is 4.79 Å². The third-order valence-electron chi connectivity index (χ3n) is 5.37. The average Bonchev–Trinajstić information content (AvgIpc) is 3.36. The van der Waals surface area contributed by atoms with Crippen molar-refractivity contribution < 1.29 is 18.7 Å². The highest BCUT2D eigenvalue weighted by atomic mass is 35.5. The number of hydrogen-bond acceptors (Lipinski definition) is 5. The summed E-state index contributed by atoms with van der Waals surface area (Å²) in [5.74, 6) is 0.372. The van der Waals surface area contributed by atoms with E-state index in [2.05, 4.69) is 10.2 Å². The molecular weight excluding hydrogens is 465 g/mol. The third kappa shape index (κ3) is 5.61. The van der Waals surface area contributed by atoms with Gasteiger partial charge >= 0.3 is 0 Å². The predicted molar refractivity (Wildman–Crippen MR) is 128 cm³/mol. The topological polar surface area (TPSA) is 75.0 Å². The molecule has 2 aromatic carbocycles. The van der Waals surface area contributed by atoms with Gasteiger partial charge in [0.1, 0.15) is 5.75 Å². The number of piperazine rings is 1. The lowest BCUT2D eigenvalue weighted by molar-refractivity contribution is -0.122. The fourth-order valence-corrected chi connectivity index (χ4v) is 3.99. The van der Waals surface area contributed by atoms with E-state index in [-0.39, 0.29) is 11.8 Å². The second kappa shape index (κ2) is 10.2. The van der Waals surface area contributed by atoms with E-state index >= 15 is 0 Å². The molecule has 7 nitrogen and oxygen atoms in total. The monoisotopic (exact) mass is 487 g/mol. The Labute approximate surface area is 201 Å². The van der Waals surface area contributed by atoms with Crippen molar-refractivity contribution in [2.24, 2.45) is 0 Å². The van der Waals surface area contributed by atoms with Crippen molar-refractivity contribution in [1.29, 1.82) is 0 Å². The molecule has 9 heteroatoms. The number of benzene rings is 2. The number of anilines is 2. The van der Waals surface area contributed by atoms with E-state index in [1.54, 1.807) is 42.2 Å². The molecule has 1 atom stereocenters. The number of nitrogens with one attached hydrogen (secondary N) is 1. The molecule has 4 rings (SSSR count). The van der Waals surface area contributed by atoms with Gasteiger partial charge in [0.25, 0.3) is 11.8 Å². The second-order valence-electron chi connectivity index (χ2n) is 7.63. The number of halogens is 2. The molecule has 1 fully saturated rings. The van der Waals surface area contributed by atoms with Crippen LogP contribution in [-0.4, -0.2) is 49.0 Å². The highest BCUT2D eigenvalue weighted by Gasteiger charge is 2.24. The number of ether oxygens (including phenoxy) is 1. The van der Waals surface area contributed by atoms with Crippen LogP contribution in [0.15, 0.2) is 65.3 Å². The smallest absolute Gasteiger partial charge is 0.289 e. The lowest BCUT2D eigenvalue weighted by Crippen LogP contribution is -2.48. The summed E-state index contributed by atoms with van der Waals surface area (Å²) in [6.45, 7) is 4.30. The maximum absolute atomic E-state index is 12.5. The molecule has 1 aromatic heterocycles. The molecule has 0 spiro atoms. The van der Waals surface area contributed by atoms with E-state index in [0.29, 0.717) is 53.4 Å². The van der Waals surface area contributed by atoms with Crippen molar-refractivity contribution in [3.05, 3.63) is 76.7 Å². The number of rotatable bonds is 6. The molecule has 1 aliphatic heterocycles. The number of carbonyl (C=O) groups is 2. The maximum atomic E-state index is 12.5. The average molecular weight is 488 g/mol. The van der Waals surface area contributed by atoms with E-state index in [9.17, 15) is 9.59 Å². The van der Waals surface area contributed by atoms with Gasteiger partial charge in [0.05, 0.1) is 11.3 Å². The Balaban J connectivity index is 1.29. The van der Waals surface area contributed by atoms with Crippen molar-refractivity contribution in [1.82, 2.24) is 4.90 Å². The van der Waals surface area contributed by atoms with Crippen molar-refractivity contribution >= 4 is 46.4 Å². The van der Waals surface area contributed by atoms with E-state index in [0.717, 1.165) is 5.69 Å². The van der Waals surface area contributed by atoms with Gasteiger partial charge in [-0.05, 0) is 61.5 Å². The lowest BCUT2D eigenvalue weighted by atomic mass is 10.2. The molecule has 1 N–H and O–H groups in total. The predicted octanol–water partition coefficient (Wildman–Crippen LogP) is 4.95. The summed E-state index contributed by atoms with van der Waals surface area (Å²) in [5, 5.41) is 3.69. The minimum Gasteiger partial charge on any atom is -0.479 e. The zero-order chi connectivity index (χ0) is 23.4. The summed E-state index contributed by atoms with van der Waals surface area (Å²) in [6.07, 6.45) is 0.756. The molecule has 0 aliphatic carbocycles. The van der Waals surface area contributed by atoms with Gasteiger partial charge < -0.3 is 24.3 Å². The first-order valence-electron chi connectivity index (χ1n) is 10.5. The van der Waals surface area contributed by atoms with Crippen LogP contribution in [0.1, 0.15) is 17.5 Å². The summed E-state index contributed by atoms with van der Waals surface area (Å²) in [4.78, 5) is 28.9. The molecule has 0 radical (unpaired) electrons. The first-order valence-corrected chi connectivity index (χ1v) is 11.3. The first kappa shape index (κ1) is 23.0. The number of nitrogens with zero attached hydrogens (tertiary/aromatic N) is 2. The molecule has 0 unspecified atom stereocenters. The van der Waals surface area contributed by atoms with E-state index in [1.165, 1.54) is 6.26 Å². The van der Waals surface area contributed by atoms with Gasteiger partial charge in [0.2, 0.25) is 0 Å². The number of furan rings is 1. The van der Waals surface area contributed by atoms with Gasteiger partial charge in [-0.1, -0.05) is 23.2 Å². The summed E-state index contributed by atoms with van der Waals surface area (Å²) < 4.78 is 10.9. The van der Waals surface area contributed by atoms with Gasteiger partial charge in [0.15, 0.2) is 11.9 Å². The molecule has 172 valence electrons. The molecule has 33 heavy (non-hydrogen) atoms. The van der Waals surface area contributed by atoms with E-state index in [1.807, 2.05) is 24.3 Å². The van der Waals surface area contributed by atoms with Crippen LogP contribution in [0.4, 0.5) is 11.4 Å². The van der Waals surface area contributed by atoms with Gasteiger partial charge in [0, 0.05) is 42.6 Å². The summed E-state index contributed by atoms with van der Waals surface area (Å²) >= 11 is 12.0. The fourth-order valence-electron chi connectivity index (χ4n) is 3.54. The highest BCUT2D eigenvalue weighted by molar-refractivity contribution is 6.35. The van der Waals surface area contributed by atoms with Crippen LogP contribution < -0.4 is 15.0 Å². The normalized spacial score (nSPS) is 14.6. The van der Waals surface area contributed by atoms with Crippen LogP contribution in [0.5, 0.6) is 5.75 Å². The Hall–Kier alpha value is -3.16. The van der Waals surface area contributed by atoms with Crippen LogP contribution in [0.2, 0.25) is 10.0 Å². The highest BCUT2D eigenvalue weighted by Crippen LogP contribution is 2.28. The number of carbonyl (C=O) groups excluding carboxylic acids is 2. The Kier molecular flexibility index (Phi) is 7.11. The van der Waals surface area contributed by atoms with Crippen molar-refractivity contribution in [3.8, 4) is 5.75 Å². The minimum absolute atomic E-state index is 0.0889. The zero-order valence-electron chi connectivity index (χ0n) is 18.0. The second-order valence-corrected chi connectivity index (χ2v) is 8.47. The fraction of sp³-hybridized carbons (Fsp3) is 0.250. The standard InChI is InChI=1S/C24H23Cl2N3O4/c1-16(33-21-9-4-17(25)15-20(21)26)23(30)27-18-5-7-19(8-6-18)28-10-12-29(13-11-28)24(31)22-3-2-14-32-22/h2-9,14-16H,10-13H2,1H3,(H,27,30)/t16-/m1/s1. The van der Waals surface area contributed by atoms with E-state index < -0.39 is 6.10 Å². The summed E-state index contributed by atoms with van der Waals surface area (Å²) in [6, 6.07) is 15.8. The van der Waals surface area contributed by atoms with E-state index in [4.69, 9.17) is 32.4 Å². The first-order chi connectivity index (χ1) is 15.9. The van der Waals surface area contributed by atoms with Crippen LogP contribution in [0.25, 0.3) is 0 Å². The number of hydrogen-bond donors (Lipinski definition) is 1.